The molecule has 0 unspecified atom stereocenters. The van der Waals surface area contributed by atoms with Gasteiger partial charge in [-0.05, 0) is 41.3 Å². The van der Waals surface area contributed by atoms with E-state index in [1.807, 2.05) is 0 Å². The van der Waals surface area contributed by atoms with Gasteiger partial charge in [0.2, 0.25) is 6.79 Å². The molecular formula is C26H19ClN2O6. The first kappa shape index (κ1) is 22.5. The van der Waals surface area contributed by atoms with Crippen molar-refractivity contribution in [3.63, 3.8) is 0 Å². The molecule has 1 aromatic heterocycles. The van der Waals surface area contributed by atoms with Gasteiger partial charge in [-0.15, -0.1) is 0 Å². The number of aromatic nitrogens is 1. The van der Waals surface area contributed by atoms with E-state index in [-0.39, 0.29) is 18.0 Å². The highest BCUT2D eigenvalue weighted by Crippen LogP contribution is 2.34. The summed E-state index contributed by atoms with van der Waals surface area (Å²) in [6, 6.07) is 18.9. The Morgan fingerprint density at radius 2 is 1.71 bits per heavy atom. The second-order valence-electron chi connectivity index (χ2n) is 7.83. The van der Waals surface area contributed by atoms with Crippen molar-refractivity contribution in [2.24, 2.45) is 7.05 Å². The number of halogens is 1. The van der Waals surface area contributed by atoms with Crippen LogP contribution in [0.3, 0.4) is 0 Å². The molecular weight excluding hydrogens is 472 g/mol. The molecule has 176 valence electrons. The molecule has 5 rings (SSSR count). The Labute approximate surface area is 204 Å². The number of ether oxygens (including phenoxy) is 3. The Bertz CT molecular complexity index is 1530. The van der Waals surface area contributed by atoms with E-state index in [0.717, 1.165) is 0 Å². The molecule has 0 fully saturated rings. The van der Waals surface area contributed by atoms with Crippen LogP contribution in [0.4, 0.5) is 5.69 Å². The third-order valence-electron chi connectivity index (χ3n) is 5.62. The van der Waals surface area contributed by atoms with Crippen LogP contribution in [0.5, 0.6) is 11.5 Å². The number of esters is 1. The van der Waals surface area contributed by atoms with Gasteiger partial charge in [0.1, 0.15) is 5.69 Å². The van der Waals surface area contributed by atoms with Crippen LogP contribution in [-0.4, -0.2) is 29.8 Å². The summed E-state index contributed by atoms with van der Waals surface area (Å²) in [5.74, 6) is -0.253. The third kappa shape index (κ3) is 4.31. The number of carbonyl (C=O) groups is 2. The maximum atomic E-state index is 13.2. The van der Waals surface area contributed by atoms with Gasteiger partial charge in [0.25, 0.3) is 11.5 Å². The van der Waals surface area contributed by atoms with Crippen molar-refractivity contribution in [2.45, 2.75) is 0 Å². The lowest BCUT2D eigenvalue weighted by molar-refractivity contribution is -0.119. The van der Waals surface area contributed by atoms with Crippen molar-refractivity contribution in [3.05, 3.63) is 87.8 Å². The van der Waals surface area contributed by atoms with Crippen molar-refractivity contribution in [1.29, 1.82) is 0 Å². The first-order valence-electron chi connectivity index (χ1n) is 10.7. The molecule has 0 saturated carbocycles. The van der Waals surface area contributed by atoms with E-state index in [0.29, 0.717) is 44.1 Å². The monoisotopic (exact) mass is 490 g/mol. The van der Waals surface area contributed by atoms with E-state index in [2.05, 4.69) is 5.32 Å². The van der Waals surface area contributed by atoms with E-state index in [9.17, 15) is 14.4 Å². The Morgan fingerprint density at radius 1 is 1.00 bits per heavy atom. The van der Waals surface area contributed by atoms with Gasteiger partial charge in [0, 0.05) is 34.8 Å². The molecule has 35 heavy (non-hydrogen) atoms. The zero-order chi connectivity index (χ0) is 24.5. The standard InChI is InChI=1S/C26H19ClN2O6/c1-29-24(26(32)33-13-22(30)28-17-10-11-20-21(12-17)35-14-34-20)23(15-6-8-16(27)9-7-15)18-4-2-3-5-19(18)25(29)31/h2-12H,13-14H2,1H3,(H,28,30). The summed E-state index contributed by atoms with van der Waals surface area (Å²) < 4.78 is 17.1. The van der Waals surface area contributed by atoms with Crippen molar-refractivity contribution in [2.75, 3.05) is 18.7 Å². The Balaban J connectivity index is 1.44. The number of fused-ring (bicyclic) bond motifs is 2. The summed E-state index contributed by atoms with van der Waals surface area (Å²) in [5.41, 5.74) is 1.34. The van der Waals surface area contributed by atoms with E-state index >= 15 is 0 Å². The molecule has 1 amide bonds. The topological polar surface area (TPSA) is 95.9 Å². The average molecular weight is 491 g/mol. The van der Waals surface area contributed by atoms with Crippen molar-refractivity contribution in [1.82, 2.24) is 4.57 Å². The second-order valence-corrected chi connectivity index (χ2v) is 8.27. The smallest absolute Gasteiger partial charge is 0.356 e. The second kappa shape index (κ2) is 9.15. The minimum absolute atomic E-state index is 0.0342. The predicted octanol–water partition coefficient (Wildman–Crippen LogP) is 4.38. The number of hydrogen-bond acceptors (Lipinski definition) is 6. The molecule has 2 heterocycles. The quantitative estimate of drug-likeness (QED) is 0.417. The van der Waals surface area contributed by atoms with Gasteiger partial charge in [0.05, 0.1) is 0 Å². The third-order valence-corrected chi connectivity index (χ3v) is 5.87. The number of rotatable bonds is 5. The van der Waals surface area contributed by atoms with Crippen LogP contribution < -0.4 is 20.3 Å². The van der Waals surface area contributed by atoms with Crippen LogP contribution in [0.15, 0.2) is 71.5 Å². The number of nitrogens with one attached hydrogen (secondary N) is 1. The zero-order valence-corrected chi connectivity index (χ0v) is 19.3. The maximum Gasteiger partial charge on any atom is 0.356 e. The van der Waals surface area contributed by atoms with Crippen molar-refractivity contribution < 1.29 is 23.8 Å². The van der Waals surface area contributed by atoms with Crippen LogP contribution in [0.1, 0.15) is 10.5 Å². The van der Waals surface area contributed by atoms with Crippen molar-refractivity contribution in [3.8, 4) is 22.6 Å². The largest absolute Gasteiger partial charge is 0.454 e. The van der Waals surface area contributed by atoms with Gasteiger partial charge >= 0.3 is 5.97 Å². The minimum atomic E-state index is -0.805. The first-order chi connectivity index (χ1) is 16.9. The van der Waals surface area contributed by atoms with E-state index < -0.39 is 18.5 Å². The van der Waals surface area contributed by atoms with Gasteiger partial charge in [-0.25, -0.2) is 4.79 Å². The number of carbonyl (C=O) groups excluding carboxylic acids is 2. The predicted molar refractivity (Wildman–Crippen MR) is 131 cm³/mol. The molecule has 0 bridgehead atoms. The lowest BCUT2D eigenvalue weighted by Crippen LogP contribution is -2.28. The maximum absolute atomic E-state index is 13.2. The molecule has 1 aliphatic heterocycles. The zero-order valence-electron chi connectivity index (χ0n) is 18.5. The molecule has 0 spiro atoms. The van der Waals surface area contributed by atoms with Gasteiger partial charge in [-0.3, -0.25) is 9.59 Å². The first-order valence-corrected chi connectivity index (χ1v) is 11.0. The minimum Gasteiger partial charge on any atom is -0.454 e. The number of amides is 1. The molecule has 1 aliphatic rings. The summed E-state index contributed by atoms with van der Waals surface area (Å²) >= 11 is 6.05. The van der Waals surface area contributed by atoms with Crippen LogP contribution in [-0.2, 0) is 16.6 Å². The van der Waals surface area contributed by atoms with E-state index in [1.165, 1.54) is 11.6 Å². The number of nitrogens with zero attached hydrogens (tertiary/aromatic N) is 1. The molecule has 0 radical (unpaired) electrons. The Morgan fingerprint density at radius 3 is 2.49 bits per heavy atom. The van der Waals surface area contributed by atoms with Crippen LogP contribution in [0, 0.1) is 0 Å². The van der Waals surface area contributed by atoms with Crippen LogP contribution in [0.2, 0.25) is 5.02 Å². The van der Waals surface area contributed by atoms with Crippen LogP contribution >= 0.6 is 11.6 Å². The molecule has 3 aromatic carbocycles. The van der Waals surface area contributed by atoms with Gasteiger partial charge in [-0.2, -0.15) is 0 Å². The lowest BCUT2D eigenvalue weighted by atomic mass is 9.97. The molecule has 8 nitrogen and oxygen atoms in total. The molecule has 0 atom stereocenters. The summed E-state index contributed by atoms with van der Waals surface area (Å²) in [4.78, 5) is 38.7. The highest BCUT2D eigenvalue weighted by Gasteiger charge is 2.24. The number of hydrogen-bond donors (Lipinski definition) is 1. The van der Waals surface area contributed by atoms with Gasteiger partial charge < -0.3 is 24.1 Å². The molecule has 4 aromatic rings. The normalized spacial score (nSPS) is 11.9. The molecule has 0 aliphatic carbocycles. The summed E-state index contributed by atoms with van der Waals surface area (Å²) in [6.45, 7) is -0.431. The van der Waals surface area contributed by atoms with Crippen molar-refractivity contribution >= 4 is 39.9 Å². The molecule has 1 N–H and O–H groups in total. The SMILES string of the molecule is Cn1c(C(=O)OCC(=O)Nc2ccc3c(c2)OCO3)c(-c2ccc(Cl)cc2)c2ccccc2c1=O. The number of anilines is 1. The average Bonchev–Trinajstić information content (AvgIpc) is 3.33. The Hall–Kier alpha value is -4.30. The highest BCUT2D eigenvalue weighted by molar-refractivity contribution is 6.30. The van der Waals surface area contributed by atoms with Gasteiger partial charge in [-0.1, -0.05) is 41.9 Å². The fourth-order valence-electron chi connectivity index (χ4n) is 3.98. The van der Waals surface area contributed by atoms with E-state index in [4.69, 9.17) is 25.8 Å². The fraction of sp³-hybridized carbons (Fsp3) is 0.115. The fourth-order valence-corrected chi connectivity index (χ4v) is 4.11. The summed E-state index contributed by atoms with van der Waals surface area (Å²) in [5, 5.41) is 4.23. The highest BCUT2D eigenvalue weighted by atomic mass is 35.5. The van der Waals surface area contributed by atoms with Crippen LogP contribution in [0.25, 0.3) is 21.9 Å². The summed E-state index contributed by atoms with van der Waals surface area (Å²) in [6.07, 6.45) is 0. The van der Waals surface area contributed by atoms with Gasteiger partial charge in [0.15, 0.2) is 18.1 Å². The number of pyridine rings is 1. The summed E-state index contributed by atoms with van der Waals surface area (Å²) in [7, 11) is 1.50. The lowest BCUT2D eigenvalue weighted by Gasteiger charge is -2.17. The number of benzene rings is 3. The molecule has 9 heteroatoms. The van der Waals surface area contributed by atoms with E-state index in [1.54, 1.807) is 66.7 Å². The Kier molecular flexibility index (Phi) is 5.88. The molecule has 0 saturated heterocycles.